The Bertz CT molecular complexity index is 2560. The first-order chi connectivity index (χ1) is 28.7. The molecule has 0 aliphatic carbocycles. The summed E-state index contributed by atoms with van der Waals surface area (Å²) >= 11 is 7.03. The minimum atomic E-state index is -5.01. The highest BCUT2D eigenvalue weighted by molar-refractivity contribution is 6.33. The second-order valence-corrected chi connectivity index (χ2v) is 14.1. The van der Waals surface area contributed by atoms with Gasteiger partial charge in [-0.2, -0.15) is 13.2 Å². The number of nitrogens with zero attached hydrogens (tertiary/aromatic N) is 5. The molecule has 7 rings (SSSR count). The predicted molar refractivity (Wildman–Crippen MR) is 214 cm³/mol. The number of ether oxygens (including phenoxy) is 4. The fraction of sp³-hybridized carbons (Fsp3) is 0.238. The lowest BCUT2D eigenvalue weighted by Gasteiger charge is -2.31. The Hall–Kier alpha value is -6.75. The molecule has 0 radical (unpaired) electrons. The van der Waals surface area contributed by atoms with Crippen molar-refractivity contribution in [2.45, 2.75) is 39.2 Å². The number of carboxylic acid groups (broad SMARTS) is 1. The summed E-state index contributed by atoms with van der Waals surface area (Å²) in [7, 11) is 4.35. The molecule has 2 aromatic heterocycles. The number of aryl methyl sites for hydroxylation is 1. The lowest BCUT2D eigenvalue weighted by Crippen LogP contribution is -2.45. The zero-order valence-electron chi connectivity index (χ0n) is 32.8. The lowest BCUT2D eigenvalue weighted by molar-refractivity contribution is -0.137. The van der Waals surface area contributed by atoms with Gasteiger partial charge in [0.15, 0.2) is 11.6 Å². The summed E-state index contributed by atoms with van der Waals surface area (Å²) in [4.78, 5) is 28.2. The molecule has 5 aromatic rings. The van der Waals surface area contributed by atoms with E-state index in [9.17, 15) is 9.90 Å². The monoisotopic (exact) mass is 847 g/mol. The molecule has 0 bridgehead atoms. The van der Waals surface area contributed by atoms with Gasteiger partial charge < -0.3 is 39.2 Å². The van der Waals surface area contributed by atoms with E-state index in [1.54, 1.807) is 67.3 Å². The number of anilines is 2. The van der Waals surface area contributed by atoms with Gasteiger partial charge in [-0.15, -0.1) is 0 Å². The zero-order chi connectivity index (χ0) is 42.9. The van der Waals surface area contributed by atoms with Crippen LogP contribution >= 0.6 is 11.6 Å². The molecule has 18 heteroatoms. The summed E-state index contributed by atoms with van der Waals surface area (Å²) in [6, 6.07) is 18.2. The molecule has 2 aliphatic heterocycles. The maximum Gasteiger partial charge on any atom is 0.418 e. The summed E-state index contributed by atoms with van der Waals surface area (Å²) < 4.78 is 85.3. The molecule has 312 valence electrons. The Kier molecular flexibility index (Phi) is 11.6. The number of hydrogen-bond acceptors (Lipinski definition) is 11. The van der Waals surface area contributed by atoms with E-state index < -0.39 is 51.7 Å². The molecule has 0 spiro atoms. The van der Waals surface area contributed by atoms with Crippen LogP contribution in [0.25, 0.3) is 17.1 Å². The Morgan fingerprint density at radius 2 is 1.67 bits per heavy atom. The number of methoxy groups -OCH3 is 3. The van der Waals surface area contributed by atoms with Gasteiger partial charge in [0.1, 0.15) is 35.6 Å². The first-order valence-corrected chi connectivity index (χ1v) is 18.7. The predicted octanol–water partition coefficient (Wildman–Crippen LogP) is 7.72. The molecule has 1 unspecified atom stereocenters. The van der Waals surface area contributed by atoms with E-state index in [1.165, 1.54) is 32.5 Å². The average molecular weight is 848 g/mol. The van der Waals surface area contributed by atoms with Crippen molar-refractivity contribution < 1.29 is 46.4 Å². The van der Waals surface area contributed by atoms with Crippen LogP contribution in [0.1, 0.15) is 40.8 Å². The highest BCUT2D eigenvalue weighted by atomic mass is 35.5. The Balaban J connectivity index is 1.44. The van der Waals surface area contributed by atoms with Gasteiger partial charge in [0.05, 0.1) is 66.0 Å². The summed E-state index contributed by atoms with van der Waals surface area (Å²) in [5, 5.41) is 14.3. The molecule has 60 heavy (non-hydrogen) atoms. The van der Waals surface area contributed by atoms with E-state index >= 15 is 17.6 Å². The van der Waals surface area contributed by atoms with E-state index in [0.717, 1.165) is 11.1 Å². The highest BCUT2D eigenvalue weighted by Gasteiger charge is 2.40. The standard InChI is InChI=1S/C42H38ClF4N7O6/c1-22-17-29(53(18-24-8-12-26(57-3)13-9-24)19-25-10-14-27(58-4)15-11-25)51-36(33(22)42(45,46)47)31-34(43)37-32-38(35(31)44)60-30(59-5)20-54(40(32)50-21-49-37)23(2)28-7-6-16-48-39(28)52-41(55)56/h6-17,20,23,50H,18-19,21H2,1-5H3,(H,48,52)(H,55,56). The van der Waals surface area contributed by atoms with Crippen molar-refractivity contribution in [3.63, 3.8) is 0 Å². The summed E-state index contributed by atoms with van der Waals surface area (Å²) in [6.07, 6.45) is -3.54. The number of pyridine rings is 2. The molecule has 1 amide bonds. The fourth-order valence-corrected chi connectivity index (χ4v) is 7.45. The third-order valence-corrected chi connectivity index (χ3v) is 10.3. The molecule has 2 aliphatic rings. The van der Waals surface area contributed by atoms with Crippen molar-refractivity contribution in [3.05, 3.63) is 134 Å². The second-order valence-electron chi connectivity index (χ2n) is 13.7. The van der Waals surface area contributed by atoms with Crippen LogP contribution < -0.4 is 40.3 Å². The minimum absolute atomic E-state index is 0.0126. The molecule has 3 N–H and O–H groups in total. The minimum Gasteiger partial charge on any atom is -0.497 e. The molecule has 13 nitrogen and oxygen atoms in total. The van der Waals surface area contributed by atoms with Crippen LogP contribution in [0.15, 0.2) is 90.1 Å². The maximum atomic E-state index is 17.5. The number of rotatable bonds is 12. The smallest absolute Gasteiger partial charge is 0.418 e. The van der Waals surface area contributed by atoms with Gasteiger partial charge in [-0.1, -0.05) is 41.9 Å². The van der Waals surface area contributed by atoms with Gasteiger partial charge >= 0.3 is 18.2 Å². The quantitative estimate of drug-likeness (QED) is 0.106. The van der Waals surface area contributed by atoms with Gasteiger partial charge in [0.25, 0.3) is 0 Å². The van der Waals surface area contributed by atoms with Crippen LogP contribution in [-0.4, -0.2) is 54.1 Å². The van der Waals surface area contributed by atoms with Gasteiger partial charge in [0.2, 0.25) is 0 Å². The van der Waals surface area contributed by atoms with Crippen LogP contribution in [0.2, 0.25) is 5.02 Å². The molecular weight excluding hydrogens is 810 g/mol. The van der Waals surface area contributed by atoms with E-state index in [-0.39, 0.29) is 59.3 Å². The summed E-state index contributed by atoms with van der Waals surface area (Å²) in [5.74, 6) is -0.464. The summed E-state index contributed by atoms with van der Waals surface area (Å²) in [6.45, 7) is 3.26. The van der Waals surface area contributed by atoms with Crippen molar-refractivity contribution in [2.24, 2.45) is 4.99 Å². The summed E-state index contributed by atoms with van der Waals surface area (Å²) in [5.41, 5.74) is -0.891. The number of halogens is 5. The lowest BCUT2D eigenvalue weighted by atomic mass is 9.98. The number of alkyl halides is 3. The number of amides is 1. The number of hydrogen-bond donors (Lipinski definition) is 3. The highest BCUT2D eigenvalue weighted by Crippen LogP contribution is 2.44. The van der Waals surface area contributed by atoms with Crippen LogP contribution in [0.4, 0.5) is 34.0 Å². The topological polar surface area (TPSA) is 143 Å². The van der Waals surface area contributed by atoms with Crippen molar-refractivity contribution in [1.82, 2.24) is 20.2 Å². The normalized spacial score (nSPS) is 13.7. The van der Waals surface area contributed by atoms with E-state index in [2.05, 4.69) is 25.6 Å². The van der Waals surface area contributed by atoms with E-state index in [4.69, 9.17) is 30.5 Å². The molecule has 0 saturated carbocycles. The number of carbonyl (C=O) groups is 1. The maximum absolute atomic E-state index is 17.5. The first kappa shape index (κ1) is 41.4. The van der Waals surface area contributed by atoms with Gasteiger partial charge in [0, 0.05) is 24.8 Å². The molecule has 4 heterocycles. The number of aromatic nitrogens is 2. The Morgan fingerprint density at radius 3 is 2.23 bits per heavy atom. The van der Waals surface area contributed by atoms with Crippen LogP contribution in [0.5, 0.6) is 17.2 Å². The third-order valence-electron chi connectivity index (χ3n) is 9.98. The molecule has 3 aromatic carbocycles. The fourth-order valence-electron chi connectivity index (χ4n) is 7.12. The van der Waals surface area contributed by atoms with Crippen LogP contribution in [-0.2, 0) is 24.0 Å². The largest absolute Gasteiger partial charge is 0.497 e. The van der Waals surface area contributed by atoms with Crippen molar-refractivity contribution in [2.75, 3.05) is 38.2 Å². The van der Waals surface area contributed by atoms with Gasteiger partial charge in [-0.3, -0.25) is 10.3 Å². The van der Waals surface area contributed by atoms with E-state index in [0.29, 0.717) is 17.1 Å². The van der Waals surface area contributed by atoms with E-state index in [1.807, 2.05) is 24.3 Å². The Morgan fingerprint density at radius 1 is 1.03 bits per heavy atom. The van der Waals surface area contributed by atoms with Gasteiger partial charge in [-0.05, 0) is 66.9 Å². The second kappa shape index (κ2) is 16.8. The molecule has 0 saturated heterocycles. The molecule has 1 atom stereocenters. The van der Waals surface area contributed by atoms with Gasteiger partial charge in [-0.25, -0.2) is 19.2 Å². The SMILES string of the molecule is COC1=CN(C(C)c2cccnc2NC(=O)O)C2=c3c(c(F)c(-c4nc(N(Cc5ccc(OC)cc5)Cc5ccc(OC)cc5)cc(C)c4C(F)(F)F)c(Cl)c3=NCN2)O1. The first-order valence-electron chi connectivity index (χ1n) is 18.3. The van der Waals surface area contributed by atoms with Crippen LogP contribution in [0.3, 0.4) is 0 Å². The number of benzene rings is 3. The number of nitrogens with one attached hydrogen (secondary N) is 2. The molecule has 0 fully saturated rings. The van der Waals surface area contributed by atoms with Crippen molar-refractivity contribution >= 4 is 35.2 Å². The zero-order valence-corrected chi connectivity index (χ0v) is 33.6. The third kappa shape index (κ3) is 8.12. The molecular formula is C42H38ClF4N7O6. The Labute approximate surface area is 346 Å². The van der Waals surface area contributed by atoms with Crippen molar-refractivity contribution in [1.29, 1.82) is 0 Å². The van der Waals surface area contributed by atoms with Crippen molar-refractivity contribution in [3.8, 4) is 28.5 Å². The van der Waals surface area contributed by atoms with Crippen LogP contribution in [0, 0.1) is 12.7 Å². The average Bonchev–Trinajstić information content (AvgIpc) is 3.40.